The highest BCUT2D eigenvalue weighted by atomic mass is 16.6. The number of hydrazone groups is 1. The van der Waals surface area contributed by atoms with E-state index in [1.165, 1.54) is 4.90 Å². The van der Waals surface area contributed by atoms with Crippen LogP contribution in [0.25, 0.3) is 0 Å². The zero-order valence-electron chi connectivity index (χ0n) is 18.9. The number of methoxy groups -OCH3 is 1. The molecule has 0 aliphatic carbocycles. The predicted molar refractivity (Wildman–Crippen MR) is 121 cm³/mol. The van der Waals surface area contributed by atoms with Crippen molar-refractivity contribution in [2.24, 2.45) is 16.9 Å². The molecular formula is C25H25N3O5. The minimum Gasteiger partial charge on any atom is -0.497 e. The first kappa shape index (κ1) is 21.2. The minimum atomic E-state index is -0.997. The largest absolute Gasteiger partial charge is 0.497 e. The van der Waals surface area contributed by atoms with Crippen molar-refractivity contribution < 1.29 is 23.9 Å². The van der Waals surface area contributed by atoms with Gasteiger partial charge in [0.2, 0.25) is 11.8 Å². The van der Waals surface area contributed by atoms with Gasteiger partial charge in [0.05, 0.1) is 36.9 Å². The number of carbonyl (C=O) groups is 3. The van der Waals surface area contributed by atoms with E-state index in [0.717, 1.165) is 11.1 Å². The van der Waals surface area contributed by atoms with Crippen LogP contribution >= 0.6 is 0 Å². The molecule has 3 heterocycles. The molecule has 2 amide bonds. The van der Waals surface area contributed by atoms with E-state index in [4.69, 9.17) is 9.47 Å². The molecule has 0 spiro atoms. The third-order valence-corrected chi connectivity index (χ3v) is 6.27. The van der Waals surface area contributed by atoms with Crippen LogP contribution in [-0.2, 0) is 19.1 Å². The number of hydrogen-bond donors (Lipinski definition) is 0. The Balaban J connectivity index is 1.60. The zero-order valence-corrected chi connectivity index (χ0v) is 18.9. The van der Waals surface area contributed by atoms with Gasteiger partial charge in [0.1, 0.15) is 11.4 Å². The Labute approximate surface area is 191 Å². The van der Waals surface area contributed by atoms with Crippen LogP contribution < -0.4 is 9.64 Å². The van der Waals surface area contributed by atoms with E-state index >= 15 is 0 Å². The summed E-state index contributed by atoms with van der Waals surface area (Å²) in [5.41, 5.74) is 1.43. The van der Waals surface area contributed by atoms with E-state index in [1.54, 1.807) is 63.4 Å². The number of fused-ring (bicyclic) bond motifs is 5. The van der Waals surface area contributed by atoms with Crippen LogP contribution in [0, 0.1) is 11.8 Å². The molecule has 0 N–H and O–H groups in total. The number of amides is 2. The maximum atomic E-state index is 13.7. The minimum absolute atomic E-state index is 0.344. The molecule has 8 nitrogen and oxygen atoms in total. The molecule has 0 saturated carbocycles. The van der Waals surface area contributed by atoms with Crippen LogP contribution in [-0.4, -0.2) is 47.8 Å². The highest BCUT2D eigenvalue weighted by Crippen LogP contribution is 2.52. The Morgan fingerprint density at radius 1 is 0.970 bits per heavy atom. The lowest BCUT2D eigenvalue weighted by molar-refractivity contribution is -0.163. The van der Waals surface area contributed by atoms with E-state index in [9.17, 15) is 14.4 Å². The van der Waals surface area contributed by atoms with Gasteiger partial charge in [-0.1, -0.05) is 24.3 Å². The zero-order chi connectivity index (χ0) is 23.5. The van der Waals surface area contributed by atoms with Gasteiger partial charge in [-0.2, -0.15) is 5.10 Å². The van der Waals surface area contributed by atoms with Crippen molar-refractivity contribution in [2.45, 2.75) is 38.5 Å². The summed E-state index contributed by atoms with van der Waals surface area (Å²) in [7, 11) is 1.55. The van der Waals surface area contributed by atoms with Gasteiger partial charge in [-0.05, 0) is 56.2 Å². The van der Waals surface area contributed by atoms with Gasteiger partial charge in [-0.3, -0.25) is 14.6 Å². The molecule has 0 radical (unpaired) electrons. The van der Waals surface area contributed by atoms with Crippen molar-refractivity contribution in [3.63, 3.8) is 0 Å². The first-order valence-electron chi connectivity index (χ1n) is 10.9. The van der Waals surface area contributed by atoms with Crippen LogP contribution in [0.4, 0.5) is 5.69 Å². The van der Waals surface area contributed by atoms with Crippen molar-refractivity contribution in [1.82, 2.24) is 5.01 Å². The summed E-state index contributed by atoms with van der Waals surface area (Å²) in [5, 5.41) is 6.10. The molecule has 0 aromatic heterocycles. The summed E-state index contributed by atoms with van der Waals surface area (Å²) in [5.74, 6) is -2.37. The molecule has 0 unspecified atom stereocenters. The van der Waals surface area contributed by atoms with E-state index in [1.807, 2.05) is 24.3 Å². The SMILES string of the molecule is COc1ccc(N2C(=O)[C@@H]3[C@H](C2=O)[C@H](C(=O)OC(C)(C)C)N2N=Cc4ccccc4[C@H]32)cc1. The van der Waals surface area contributed by atoms with Crippen molar-refractivity contribution >= 4 is 29.7 Å². The quantitative estimate of drug-likeness (QED) is 0.531. The van der Waals surface area contributed by atoms with Crippen LogP contribution in [0.15, 0.2) is 53.6 Å². The van der Waals surface area contributed by atoms with Gasteiger partial charge in [0, 0.05) is 0 Å². The number of esters is 1. The Bertz CT molecular complexity index is 1170. The molecular weight excluding hydrogens is 422 g/mol. The number of rotatable bonds is 3. The standard InChI is InChI=1S/C25H25N3O5/c1-25(2,3)33-24(31)21-19-18(20-17-8-6-5-7-14(17)13-26-28(20)21)22(29)27(23(19)30)15-9-11-16(32-4)12-10-15/h5-13,18-21H,1-4H3/t18-,19+,20-,21-/m1/s1. The molecule has 5 rings (SSSR count). The fourth-order valence-corrected chi connectivity index (χ4v) is 4.99. The van der Waals surface area contributed by atoms with Gasteiger partial charge >= 0.3 is 5.97 Å². The second-order valence-electron chi connectivity index (χ2n) is 9.44. The maximum absolute atomic E-state index is 13.7. The lowest BCUT2D eigenvalue weighted by atomic mass is 9.85. The molecule has 170 valence electrons. The molecule has 3 aliphatic heterocycles. The fraction of sp³-hybridized carbons (Fsp3) is 0.360. The number of imide groups is 1. The Hall–Kier alpha value is -3.68. The third-order valence-electron chi connectivity index (χ3n) is 6.27. The van der Waals surface area contributed by atoms with Crippen LogP contribution in [0.1, 0.15) is 37.9 Å². The lowest BCUT2D eigenvalue weighted by Crippen LogP contribution is -2.46. The number of carbonyl (C=O) groups excluding carboxylic acids is 3. The van der Waals surface area contributed by atoms with E-state index < -0.39 is 41.4 Å². The Morgan fingerprint density at radius 3 is 2.30 bits per heavy atom. The first-order chi connectivity index (χ1) is 15.7. The molecule has 8 heteroatoms. The maximum Gasteiger partial charge on any atom is 0.331 e. The number of anilines is 1. The molecule has 2 aromatic rings. The smallest absolute Gasteiger partial charge is 0.331 e. The number of benzene rings is 2. The predicted octanol–water partition coefficient (Wildman–Crippen LogP) is 2.92. The van der Waals surface area contributed by atoms with E-state index in [2.05, 4.69) is 5.10 Å². The molecule has 2 saturated heterocycles. The average Bonchev–Trinajstić information content (AvgIpc) is 3.25. The molecule has 2 fully saturated rings. The van der Waals surface area contributed by atoms with Crippen LogP contribution in [0.5, 0.6) is 5.75 Å². The lowest BCUT2D eigenvalue weighted by Gasteiger charge is -2.34. The van der Waals surface area contributed by atoms with Gasteiger partial charge in [0.15, 0.2) is 6.04 Å². The Morgan fingerprint density at radius 2 is 1.64 bits per heavy atom. The fourth-order valence-electron chi connectivity index (χ4n) is 4.99. The second kappa shape index (κ2) is 7.43. The highest BCUT2D eigenvalue weighted by molar-refractivity contribution is 6.24. The van der Waals surface area contributed by atoms with Crippen molar-refractivity contribution in [2.75, 3.05) is 12.0 Å². The van der Waals surface area contributed by atoms with Gasteiger partial charge in [0.25, 0.3) is 0 Å². The van der Waals surface area contributed by atoms with Crippen molar-refractivity contribution in [3.8, 4) is 5.75 Å². The second-order valence-corrected chi connectivity index (χ2v) is 9.44. The molecule has 2 aromatic carbocycles. The molecule has 33 heavy (non-hydrogen) atoms. The summed E-state index contributed by atoms with van der Waals surface area (Å²) < 4.78 is 10.9. The van der Waals surface area contributed by atoms with Crippen molar-refractivity contribution in [1.29, 1.82) is 0 Å². The summed E-state index contributed by atoms with van der Waals surface area (Å²) >= 11 is 0. The number of ether oxygens (including phenoxy) is 2. The van der Waals surface area contributed by atoms with Crippen LogP contribution in [0.2, 0.25) is 0 Å². The number of hydrogen-bond acceptors (Lipinski definition) is 7. The summed E-state index contributed by atoms with van der Waals surface area (Å²) in [6.07, 6.45) is 1.67. The third kappa shape index (κ3) is 3.28. The van der Waals surface area contributed by atoms with Crippen molar-refractivity contribution in [3.05, 3.63) is 59.7 Å². The van der Waals surface area contributed by atoms with Crippen LogP contribution in [0.3, 0.4) is 0 Å². The monoisotopic (exact) mass is 447 g/mol. The Kier molecular flexibility index (Phi) is 4.77. The summed E-state index contributed by atoms with van der Waals surface area (Å²) in [6, 6.07) is 12.8. The molecule has 4 atom stereocenters. The number of nitrogens with zero attached hydrogens (tertiary/aromatic N) is 3. The molecule has 0 bridgehead atoms. The van der Waals surface area contributed by atoms with Gasteiger partial charge in [-0.15, -0.1) is 0 Å². The van der Waals surface area contributed by atoms with Gasteiger partial charge < -0.3 is 9.47 Å². The van der Waals surface area contributed by atoms with Gasteiger partial charge in [-0.25, -0.2) is 9.69 Å². The normalized spacial score (nSPS) is 25.6. The average molecular weight is 447 g/mol. The highest BCUT2D eigenvalue weighted by Gasteiger charge is 2.66. The van der Waals surface area contributed by atoms with E-state index in [0.29, 0.717) is 11.4 Å². The summed E-state index contributed by atoms with van der Waals surface area (Å²) in [4.78, 5) is 41.9. The first-order valence-corrected chi connectivity index (χ1v) is 10.9. The van der Waals surface area contributed by atoms with E-state index in [-0.39, 0.29) is 5.91 Å². The molecule has 3 aliphatic rings. The topological polar surface area (TPSA) is 88.5 Å². The summed E-state index contributed by atoms with van der Waals surface area (Å²) in [6.45, 7) is 5.32.